The van der Waals surface area contributed by atoms with Crippen LogP contribution in [0.3, 0.4) is 0 Å². The highest BCUT2D eigenvalue weighted by molar-refractivity contribution is 5.81. The summed E-state index contributed by atoms with van der Waals surface area (Å²) in [6.45, 7) is 6.04. The summed E-state index contributed by atoms with van der Waals surface area (Å²) in [5, 5.41) is 9.56. The summed E-state index contributed by atoms with van der Waals surface area (Å²) < 4.78 is 10.8. The lowest BCUT2D eigenvalue weighted by atomic mass is 9.92. The van der Waals surface area contributed by atoms with Gasteiger partial charge in [-0.2, -0.15) is 0 Å². The lowest BCUT2D eigenvalue weighted by molar-refractivity contribution is -0.143. The van der Waals surface area contributed by atoms with Gasteiger partial charge in [0.25, 0.3) is 0 Å². The highest BCUT2D eigenvalue weighted by Crippen LogP contribution is 2.34. The first-order chi connectivity index (χ1) is 11.2. The Morgan fingerprint density at radius 1 is 1.29 bits per heavy atom. The maximum Gasteiger partial charge on any atom is 0.411 e. The molecule has 1 unspecified atom stereocenters. The second-order valence-electron chi connectivity index (χ2n) is 7.04. The van der Waals surface area contributed by atoms with E-state index < -0.39 is 23.7 Å². The summed E-state index contributed by atoms with van der Waals surface area (Å²) in [5.74, 6) is -0.699. The van der Waals surface area contributed by atoms with E-state index in [0.717, 1.165) is 16.7 Å². The monoisotopic (exact) mass is 335 g/mol. The van der Waals surface area contributed by atoms with Gasteiger partial charge in [0.15, 0.2) is 0 Å². The van der Waals surface area contributed by atoms with E-state index in [4.69, 9.17) is 15.2 Å². The number of nitrogens with zero attached hydrogens (tertiary/aromatic N) is 2. The van der Waals surface area contributed by atoms with Crippen molar-refractivity contribution in [3.8, 4) is 0 Å². The number of carbonyl (C=O) groups is 2. The van der Waals surface area contributed by atoms with E-state index in [1.165, 1.54) is 4.90 Å². The Balaban J connectivity index is 1.98. The average molecular weight is 335 g/mol. The summed E-state index contributed by atoms with van der Waals surface area (Å²) in [4.78, 5) is 29.7. The van der Waals surface area contributed by atoms with Crippen molar-refractivity contribution in [2.75, 3.05) is 5.73 Å². The van der Waals surface area contributed by atoms with Crippen LogP contribution in [0.4, 0.5) is 10.6 Å². The fourth-order valence-corrected chi connectivity index (χ4v) is 3.06. The number of fused-ring (bicyclic) bond motifs is 3. The van der Waals surface area contributed by atoms with Crippen molar-refractivity contribution >= 4 is 17.9 Å². The Hall–Kier alpha value is -2.35. The van der Waals surface area contributed by atoms with E-state index in [2.05, 4.69) is 4.98 Å². The van der Waals surface area contributed by atoms with E-state index in [1.807, 2.05) is 0 Å². The molecule has 24 heavy (non-hydrogen) atoms. The van der Waals surface area contributed by atoms with Crippen LogP contribution in [0.25, 0.3) is 0 Å². The van der Waals surface area contributed by atoms with Crippen LogP contribution in [0.5, 0.6) is 0 Å². The van der Waals surface area contributed by atoms with Crippen molar-refractivity contribution in [2.24, 2.45) is 0 Å². The Morgan fingerprint density at radius 3 is 2.58 bits per heavy atom. The first-order valence-corrected chi connectivity index (χ1v) is 7.76. The van der Waals surface area contributed by atoms with Crippen LogP contribution in [-0.4, -0.2) is 38.7 Å². The molecule has 0 saturated carbocycles. The van der Waals surface area contributed by atoms with E-state index in [0.29, 0.717) is 24.7 Å². The van der Waals surface area contributed by atoms with Crippen molar-refractivity contribution in [1.82, 2.24) is 9.88 Å². The Labute approximate surface area is 139 Å². The number of amides is 1. The topological polar surface area (TPSA) is 115 Å². The van der Waals surface area contributed by atoms with Crippen LogP contribution >= 0.6 is 0 Å². The number of anilines is 1. The van der Waals surface area contributed by atoms with Gasteiger partial charge in [-0.15, -0.1) is 0 Å². The fraction of sp³-hybridized carbons (Fsp3) is 0.562. The number of aliphatic carboxylic acids is 1. The molecule has 2 aliphatic heterocycles. The molecule has 3 N–H and O–H groups in total. The van der Waals surface area contributed by atoms with E-state index in [9.17, 15) is 14.7 Å². The molecule has 1 atom stereocenters. The Morgan fingerprint density at radius 2 is 1.96 bits per heavy atom. The van der Waals surface area contributed by atoms with E-state index in [-0.39, 0.29) is 13.0 Å². The molecule has 0 spiro atoms. The molecule has 130 valence electrons. The molecule has 0 saturated heterocycles. The molecule has 1 aromatic rings. The molecule has 1 aromatic heterocycles. The zero-order valence-corrected chi connectivity index (χ0v) is 14.0. The number of hydrogen-bond acceptors (Lipinski definition) is 6. The summed E-state index contributed by atoms with van der Waals surface area (Å²) >= 11 is 0. The number of aromatic nitrogens is 1. The van der Waals surface area contributed by atoms with Gasteiger partial charge in [-0.25, -0.2) is 14.6 Å². The lowest BCUT2D eigenvalue weighted by Gasteiger charge is -2.35. The maximum atomic E-state index is 12.4. The van der Waals surface area contributed by atoms with Crippen LogP contribution < -0.4 is 5.73 Å². The van der Waals surface area contributed by atoms with Crippen molar-refractivity contribution in [3.05, 3.63) is 22.4 Å². The van der Waals surface area contributed by atoms with Crippen LogP contribution in [0.2, 0.25) is 0 Å². The molecule has 0 aliphatic carbocycles. The summed E-state index contributed by atoms with van der Waals surface area (Å²) in [5.41, 5.74) is 8.43. The molecule has 8 nitrogen and oxygen atoms in total. The molecule has 0 fully saturated rings. The first kappa shape index (κ1) is 16.5. The van der Waals surface area contributed by atoms with Crippen molar-refractivity contribution in [1.29, 1.82) is 0 Å². The predicted octanol–water partition coefficient (Wildman–Crippen LogP) is 1.44. The summed E-state index contributed by atoms with van der Waals surface area (Å²) in [6, 6.07) is -0.998. The normalized spacial score (nSPS) is 19.6. The fourth-order valence-electron chi connectivity index (χ4n) is 3.06. The predicted molar refractivity (Wildman–Crippen MR) is 84.0 cm³/mol. The standard InChI is InChI=1S/C16H21N3O5/c1-16(2,3)24-15(22)19-5-11-8(4-12(19)14(20)21)9-6-23-7-10(9)13(17)18-11/h12H,4-7H2,1-3H3,(H2,17,18)(H,20,21). The highest BCUT2D eigenvalue weighted by atomic mass is 16.6. The van der Waals surface area contributed by atoms with Gasteiger partial charge in [0, 0.05) is 12.0 Å². The zero-order chi connectivity index (χ0) is 17.6. The number of rotatable bonds is 1. The van der Waals surface area contributed by atoms with Gasteiger partial charge < -0.3 is 20.3 Å². The Kier molecular flexibility index (Phi) is 3.87. The van der Waals surface area contributed by atoms with Crippen LogP contribution in [0, 0.1) is 0 Å². The average Bonchev–Trinajstić information content (AvgIpc) is 2.94. The van der Waals surface area contributed by atoms with Crippen molar-refractivity contribution in [3.63, 3.8) is 0 Å². The van der Waals surface area contributed by atoms with E-state index >= 15 is 0 Å². The number of carbonyl (C=O) groups excluding carboxylic acids is 1. The third kappa shape index (κ3) is 2.89. The molecule has 2 aliphatic rings. The van der Waals surface area contributed by atoms with Crippen molar-refractivity contribution in [2.45, 2.75) is 58.6 Å². The summed E-state index contributed by atoms with van der Waals surface area (Å²) in [7, 11) is 0. The number of carboxylic acids is 1. The van der Waals surface area contributed by atoms with Gasteiger partial charge in [0.1, 0.15) is 17.5 Å². The molecule has 1 amide bonds. The number of nitrogens with two attached hydrogens (primary N) is 1. The van der Waals surface area contributed by atoms with Gasteiger partial charge in [-0.3, -0.25) is 4.90 Å². The highest BCUT2D eigenvalue weighted by Gasteiger charge is 2.39. The van der Waals surface area contributed by atoms with Crippen molar-refractivity contribution < 1.29 is 24.2 Å². The molecular weight excluding hydrogens is 314 g/mol. The summed E-state index contributed by atoms with van der Waals surface area (Å²) in [6.07, 6.45) is -0.499. The maximum absolute atomic E-state index is 12.4. The molecule has 0 radical (unpaired) electrons. The number of ether oxygens (including phenoxy) is 2. The van der Waals surface area contributed by atoms with Crippen LogP contribution in [0.15, 0.2) is 0 Å². The molecule has 3 rings (SSSR count). The number of hydrogen-bond donors (Lipinski definition) is 2. The Bertz CT molecular complexity index is 711. The zero-order valence-electron chi connectivity index (χ0n) is 14.0. The van der Waals surface area contributed by atoms with Crippen LogP contribution in [-0.2, 0) is 40.4 Å². The number of carboxylic acid groups (broad SMARTS) is 1. The van der Waals surface area contributed by atoms with Gasteiger partial charge in [-0.1, -0.05) is 0 Å². The minimum Gasteiger partial charge on any atom is -0.480 e. The molecule has 3 heterocycles. The molecule has 0 aromatic carbocycles. The molecule has 8 heteroatoms. The third-order valence-electron chi connectivity index (χ3n) is 4.14. The van der Waals surface area contributed by atoms with Crippen LogP contribution in [0.1, 0.15) is 43.2 Å². The van der Waals surface area contributed by atoms with Gasteiger partial charge in [0.05, 0.1) is 25.5 Å². The third-order valence-corrected chi connectivity index (χ3v) is 4.14. The number of nitrogen functional groups attached to an aromatic ring is 1. The van der Waals surface area contributed by atoms with Gasteiger partial charge >= 0.3 is 12.1 Å². The second-order valence-corrected chi connectivity index (χ2v) is 7.04. The van der Waals surface area contributed by atoms with Gasteiger partial charge in [0.2, 0.25) is 0 Å². The lowest BCUT2D eigenvalue weighted by Crippen LogP contribution is -2.50. The SMILES string of the molecule is CC(C)(C)OC(=O)N1Cc2nc(N)c3c(c2CC1C(=O)O)COC3. The first-order valence-electron chi connectivity index (χ1n) is 7.76. The number of pyridine rings is 1. The molecule has 0 bridgehead atoms. The van der Waals surface area contributed by atoms with Gasteiger partial charge in [-0.05, 0) is 31.9 Å². The van der Waals surface area contributed by atoms with E-state index in [1.54, 1.807) is 20.8 Å². The molecular formula is C16H21N3O5. The largest absolute Gasteiger partial charge is 0.480 e. The minimum atomic E-state index is -1.07. The smallest absolute Gasteiger partial charge is 0.411 e. The quantitative estimate of drug-likeness (QED) is 0.798. The second kappa shape index (κ2) is 5.62. The minimum absolute atomic E-state index is 0.0543.